The van der Waals surface area contributed by atoms with Crippen LogP contribution in [0.2, 0.25) is 0 Å². The predicted molar refractivity (Wildman–Crippen MR) is 77.0 cm³/mol. The van der Waals surface area contributed by atoms with Gasteiger partial charge in [0.05, 0.1) is 19.8 Å². The number of ether oxygens (including phenoxy) is 2. The third kappa shape index (κ3) is 4.57. The minimum atomic E-state index is -0.0654. The van der Waals surface area contributed by atoms with Gasteiger partial charge in [0.2, 0.25) is 5.91 Å². The van der Waals surface area contributed by atoms with Crippen molar-refractivity contribution in [1.82, 2.24) is 15.1 Å². The summed E-state index contributed by atoms with van der Waals surface area (Å²) in [5.41, 5.74) is 0. The van der Waals surface area contributed by atoms with E-state index < -0.39 is 0 Å². The van der Waals surface area contributed by atoms with E-state index in [4.69, 9.17) is 9.47 Å². The Bertz CT molecular complexity index is 350. The number of morpholine rings is 1. The van der Waals surface area contributed by atoms with Gasteiger partial charge in [-0.3, -0.25) is 4.79 Å². The molecule has 0 aliphatic carbocycles. The van der Waals surface area contributed by atoms with Gasteiger partial charge in [-0.1, -0.05) is 0 Å². The quantitative estimate of drug-likeness (QED) is 0.737. The number of amides is 3. The van der Waals surface area contributed by atoms with Crippen molar-refractivity contribution in [2.45, 2.75) is 12.8 Å². The molecule has 0 bridgehead atoms. The summed E-state index contributed by atoms with van der Waals surface area (Å²) in [6.45, 7) is 4.95. The Labute approximate surface area is 125 Å². The Hall–Kier alpha value is -1.34. The first-order valence-electron chi connectivity index (χ1n) is 7.60. The first-order valence-corrected chi connectivity index (χ1v) is 7.60. The third-order valence-corrected chi connectivity index (χ3v) is 4.04. The highest BCUT2D eigenvalue weighted by molar-refractivity contribution is 5.80. The minimum absolute atomic E-state index is 0.0473. The highest BCUT2D eigenvalue weighted by Gasteiger charge is 2.30. The molecule has 120 valence electrons. The molecule has 7 nitrogen and oxygen atoms in total. The van der Waals surface area contributed by atoms with E-state index in [2.05, 4.69) is 5.32 Å². The lowest BCUT2D eigenvalue weighted by molar-refractivity contribution is -0.141. The number of hydrogen-bond donors (Lipinski definition) is 1. The second kappa shape index (κ2) is 8.19. The van der Waals surface area contributed by atoms with Crippen LogP contribution in [0.25, 0.3) is 0 Å². The molecule has 0 spiro atoms. The molecule has 0 aromatic heterocycles. The van der Waals surface area contributed by atoms with Crippen LogP contribution < -0.4 is 5.32 Å². The van der Waals surface area contributed by atoms with E-state index in [9.17, 15) is 9.59 Å². The van der Waals surface area contributed by atoms with Crippen LogP contribution in [-0.2, 0) is 14.3 Å². The van der Waals surface area contributed by atoms with Crippen molar-refractivity contribution in [2.75, 3.05) is 59.7 Å². The Balaban J connectivity index is 1.72. The van der Waals surface area contributed by atoms with Crippen LogP contribution in [0.5, 0.6) is 0 Å². The van der Waals surface area contributed by atoms with Crippen molar-refractivity contribution in [3.8, 4) is 0 Å². The molecule has 2 saturated heterocycles. The smallest absolute Gasteiger partial charge is 0.317 e. The summed E-state index contributed by atoms with van der Waals surface area (Å²) in [6.07, 6.45) is 1.49. The number of methoxy groups -OCH3 is 1. The predicted octanol–water partition coefficient (Wildman–Crippen LogP) is -0.0868. The molecule has 21 heavy (non-hydrogen) atoms. The molecule has 0 radical (unpaired) electrons. The average molecular weight is 299 g/mol. The Morgan fingerprint density at radius 3 is 2.43 bits per heavy atom. The van der Waals surface area contributed by atoms with Crippen LogP contribution in [0.4, 0.5) is 4.79 Å². The molecule has 2 heterocycles. The van der Waals surface area contributed by atoms with Gasteiger partial charge in [-0.2, -0.15) is 0 Å². The van der Waals surface area contributed by atoms with Gasteiger partial charge < -0.3 is 24.6 Å². The zero-order valence-corrected chi connectivity index (χ0v) is 12.7. The fourth-order valence-corrected chi connectivity index (χ4v) is 2.74. The second-order valence-electron chi connectivity index (χ2n) is 5.42. The van der Waals surface area contributed by atoms with Crippen LogP contribution >= 0.6 is 0 Å². The fraction of sp³-hybridized carbons (Fsp3) is 0.857. The van der Waals surface area contributed by atoms with Crippen molar-refractivity contribution in [3.63, 3.8) is 0 Å². The molecule has 1 N–H and O–H groups in total. The summed E-state index contributed by atoms with van der Waals surface area (Å²) in [5, 5.41) is 2.81. The Morgan fingerprint density at radius 1 is 1.14 bits per heavy atom. The number of carbonyl (C=O) groups is 2. The van der Waals surface area contributed by atoms with Gasteiger partial charge >= 0.3 is 6.03 Å². The molecule has 3 amide bonds. The van der Waals surface area contributed by atoms with Crippen molar-refractivity contribution in [3.05, 3.63) is 0 Å². The molecule has 2 aliphatic rings. The highest BCUT2D eigenvalue weighted by Crippen LogP contribution is 2.20. The summed E-state index contributed by atoms with van der Waals surface area (Å²) in [7, 11) is 1.61. The molecule has 0 unspecified atom stereocenters. The van der Waals surface area contributed by atoms with Crippen LogP contribution in [0.15, 0.2) is 0 Å². The highest BCUT2D eigenvalue weighted by atomic mass is 16.5. The zero-order valence-electron chi connectivity index (χ0n) is 12.7. The number of urea groups is 1. The molecule has 2 rings (SSSR count). The lowest BCUT2D eigenvalue weighted by atomic mass is 9.95. The average Bonchev–Trinajstić information content (AvgIpc) is 2.55. The van der Waals surface area contributed by atoms with Gasteiger partial charge in [0.1, 0.15) is 0 Å². The number of piperidine rings is 1. The summed E-state index contributed by atoms with van der Waals surface area (Å²) in [4.78, 5) is 27.9. The van der Waals surface area contributed by atoms with Crippen LogP contribution in [0.3, 0.4) is 0 Å². The normalized spacial score (nSPS) is 20.4. The summed E-state index contributed by atoms with van der Waals surface area (Å²) < 4.78 is 10.2. The van der Waals surface area contributed by atoms with E-state index in [-0.39, 0.29) is 17.9 Å². The standard InChI is InChI=1S/C14H25N3O4/c1-20-9-4-15-14(19)17-5-2-12(3-6-17)13(18)16-7-10-21-11-8-16/h12H,2-11H2,1H3,(H,15,19). The van der Waals surface area contributed by atoms with Gasteiger partial charge in [-0.15, -0.1) is 0 Å². The molecule has 7 heteroatoms. The first kappa shape index (κ1) is 16.0. The van der Waals surface area contributed by atoms with E-state index in [0.29, 0.717) is 52.5 Å². The van der Waals surface area contributed by atoms with Gasteiger partial charge in [-0.25, -0.2) is 4.79 Å². The molecule has 0 saturated carbocycles. The van der Waals surface area contributed by atoms with E-state index in [1.54, 1.807) is 12.0 Å². The van der Waals surface area contributed by atoms with Gasteiger partial charge in [0.15, 0.2) is 0 Å². The number of carbonyl (C=O) groups excluding carboxylic acids is 2. The minimum Gasteiger partial charge on any atom is -0.383 e. The zero-order chi connectivity index (χ0) is 15.1. The molecule has 0 aromatic carbocycles. The van der Waals surface area contributed by atoms with E-state index in [1.807, 2.05) is 4.90 Å². The summed E-state index contributed by atoms with van der Waals surface area (Å²) >= 11 is 0. The monoisotopic (exact) mass is 299 g/mol. The lowest BCUT2D eigenvalue weighted by Crippen LogP contribution is -2.49. The molecular weight excluding hydrogens is 274 g/mol. The maximum Gasteiger partial charge on any atom is 0.317 e. The van der Waals surface area contributed by atoms with Crippen molar-refractivity contribution < 1.29 is 19.1 Å². The maximum atomic E-state index is 12.4. The lowest BCUT2D eigenvalue weighted by Gasteiger charge is -2.35. The largest absolute Gasteiger partial charge is 0.383 e. The SMILES string of the molecule is COCCNC(=O)N1CCC(C(=O)N2CCOCC2)CC1. The number of hydrogen-bond acceptors (Lipinski definition) is 4. The van der Waals surface area contributed by atoms with Gasteiger partial charge in [-0.05, 0) is 12.8 Å². The number of nitrogens with one attached hydrogen (secondary N) is 1. The number of likely N-dealkylation sites (tertiary alicyclic amines) is 1. The second-order valence-corrected chi connectivity index (χ2v) is 5.42. The molecule has 2 aliphatic heterocycles. The van der Waals surface area contributed by atoms with Gasteiger partial charge in [0.25, 0.3) is 0 Å². The summed E-state index contributed by atoms with van der Waals surface area (Å²) in [5.74, 6) is 0.267. The third-order valence-electron chi connectivity index (χ3n) is 4.04. The van der Waals surface area contributed by atoms with Crippen molar-refractivity contribution >= 4 is 11.9 Å². The van der Waals surface area contributed by atoms with E-state index in [0.717, 1.165) is 12.8 Å². The number of rotatable bonds is 4. The Kier molecular flexibility index (Phi) is 6.25. The van der Waals surface area contributed by atoms with Crippen molar-refractivity contribution in [1.29, 1.82) is 0 Å². The topological polar surface area (TPSA) is 71.1 Å². The van der Waals surface area contributed by atoms with Crippen LogP contribution in [0, 0.1) is 5.92 Å². The van der Waals surface area contributed by atoms with Crippen molar-refractivity contribution in [2.24, 2.45) is 5.92 Å². The fourth-order valence-electron chi connectivity index (χ4n) is 2.74. The van der Waals surface area contributed by atoms with E-state index in [1.165, 1.54) is 0 Å². The first-order chi connectivity index (χ1) is 10.2. The molecular formula is C14H25N3O4. The molecule has 0 aromatic rings. The molecule has 0 atom stereocenters. The summed E-state index contributed by atoms with van der Waals surface area (Å²) in [6, 6.07) is -0.0654. The van der Waals surface area contributed by atoms with Crippen LogP contribution in [0.1, 0.15) is 12.8 Å². The Morgan fingerprint density at radius 2 is 1.81 bits per heavy atom. The molecule has 2 fully saturated rings. The number of nitrogens with zero attached hydrogens (tertiary/aromatic N) is 2. The maximum absolute atomic E-state index is 12.4. The van der Waals surface area contributed by atoms with Crippen LogP contribution in [-0.4, -0.2) is 81.4 Å². The van der Waals surface area contributed by atoms with Gasteiger partial charge in [0, 0.05) is 45.8 Å². The van der Waals surface area contributed by atoms with E-state index >= 15 is 0 Å².